The van der Waals surface area contributed by atoms with Gasteiger partial charge in [-0.2, -0.15) is 0 Å². The first-order valence-corrected chi connectivity index (χ1v) is 8.90. The van der Waals surface area contributed by atoms with Crippen molar-refractivity contribution in [3.63, 3.8) is 0 Å². The predicted molar refractivity (Wildman–Crippen MR) is 102 cm³/mol. The second kappa shape index (κ2) is 6.09. The van der Waals surface area contributed by atoms with Crippen LogP contribution in [0.2, 0.25) is 0 Å². The Balaban J connectivity index is 1.76. The quantitative estimate of drug-likeness (QED) is 0.559. The van der Waals surface area contributed by atoms with Crippen LogP contribution in [0.25, 0.3) is 11.3 Å². The van der Waals surface area contributed by atoms with Crippen LogP contribution in [0.5, 0.6) is 0 Å². The molecule has 2 atom stereocenters. The lowest BCUT2D eigenvalue weighted by molar-refractivity contribution is -0.121. The number of carbonyl (C=O) groups excluding carboxylic acids is 1. The summed E-state index contributed by atoms with van der Waals surface area (Å²) in [7, 11) is 0. The highest BCUT2D eigenvalue weighted by molar-refractivity contribution is 5.91. The lowest BCUT2D eigenvalue weighted by atomic mass is 9.89. The Hall–Kier alpha value is -2.95. The molecule has 132 valence electrons. The average molecular weight is 346 g/mol. The number of pyridine rings is 2. The van der Waals surface area contributed by atoms with Crippen molar-refractivity contribution in [2.45, 2.75) is 39.5 Å². The molecule has 0 aliphatic rings. The SMILES string of the molecule is Cc1nc2ccccn2c1C(C)C(=O)C(C)c1c(C)nc2ccccn12. The van der Waals surface area contributed by atoms with Gasteiger partial charge < -0.3 is 8.80 Å². The Morgan fingerprint density at radius 2 is 1.23 bits per heavy atom. The third-order valence-electron chi connectivity index (χ3n) is 5.18. The van der Waals surface area contributed by atoms with Crippen molar-refractivity contribution in [3.8, 4) is 0 Å². The van der Waals surface area contributed by atoms with E-state index in [1.165, 1.54) is 0 Å². The molecular formula is C21H22N4O. The van der Waals surface area contributed by atoms with Crippen molar-refractivity contribution in [2.75, 3.05) is 0 Å². The molecule has 0 aromatic carbocycles. The molecule has 0 spiro atoms. The summed E-state index contributed by atoms with van der Waals surface area (Å²) in [5.41, 5.74) is 5.47. The lowest BCUT2D eigenvalue weighted by Gasteiger charge is -2.18. The number of rotatable bonds is 4. The third kappa shape index (κ3) is 2.43. The van der Waals surface area contributed by atoms with Gasteiger partial charge in [0.05, 0.1) is 34.6 Å². The maximum absolute atomic E-state index is 13.3. The zero-order valence-corrected chi connectivity index (χ0v) is 15.5. The van der Waals surface area contributed by atoms with Crippen LogP contribution in [0, 0.1) is 13.8 Å². The van der Waals surface area contributed by atoms with Crippen LogP contribution in [-0.4, -0.2) is 24.6 Å². The standard InChI is InChI=1S/C21H22N4O/c1-13(19-15(3)22-17-9-5-7-11-24(17)19)21(26)14(2)20-16(4)23-18-10-6-8-12-25(18)20/h5-14H,1-4H3. The van der Waals surface area contributed by atoms with Crippen LogP contribution >= 0.6 is 0 Å². The first-order chi connectivity index (χ1) is 12.5. The fraction of sp³-hybridized carbons (Fsp3) is 0.286. The summed E-state index contributed by atoms with van der Waals surface area (Å²) in [5, 5.41) is 0. The van der Waals surface area contributed by atoms with Crippen molar-refractivity contribution >= 4 is 17.1 Å². The number of ketones is 1. The molecule has 0 aliphatic carbocycles. The number of aryl methyl sites for hydroxylation is 2. The number of aromatic nitrogens is 4. The van der Waals surface area contributed by atoms with E-state index in [1.807, 2.05) is 85.3 Å². The summed E-state index contributed by atoms with van der Waals surface area (Å²) < 4.78 is 4.04. The van der Waals surface area contributed by atoms with Crippen molar-refractivity contribution in [3.05, 3.63) is 71.6 Å². The number of Topliss-reactive ketones (excluding diaryl/α,β-unsaturated/α-hetero) is 1. The number of nitrogens with zero attached hydrogens (tertiary/aromatic N) is 4. The molecule has 4 rings (SSSR count). The molecule has 0 amide bonds. The van der Waals surface area contributed by atoms with E-state index in [1.54, 1.807) is 0 Å². The fourth-order valence-corrected chi connectivity index (χ4v) is 3.95. The smallest absolute Gasteiger partial charge is 0.150 e. The van der Waals surface area contributed by atoms with E-state index in [9.17, 15) is 4.79 Å². The molecule has 26 heavy (non-hydrogen) atoms. The predicted octanol–water partition coefficient (Wildman–Crippen LogP) is 4.08. The van der Waals surface area contributed by atoms with E-state index >= 15 is 0 Å². The van der Waals surface area contributed by atoms with Gasteiger partial charge in [-0.15, -0.1) is 0 Å². The van der Waals surface area contributed by atoms with E-state index in [2.05, 4.69) is 9.97 Å². The molecule has 2 unspecified atom stereocenters. The van der Waals surface area contributed by atoms with E-state index in [-0.39, 0.29) is 17.6 Å². The normalized spacial score (nSPS) is 14.0. The Kier molecular flexibility index (Phi) is 3.87. The summed E-state index contributed by atoms with van der Waals surface area (Å²) in [6.45, 7) is 7.88. The topological polar surface area (TPSA) is 51.7 Å². The average Bonchev–Trinajstić information content (AvgIpc) is 3.15. The van der Waals surface area contributed by atoms with Gasteiger partial charge in [-0.1, -0.05) is 12.1 Å². The van der Waals surface area contributed by atoms with Gasteiger partial charge in [-0.3, -0.25) is 4.79 Å². The molecule has 0 bridgehead atoms. The molecule has 5 heteroatoms. The zero-order valence-electron chi connectivity index (χ0n) is 15.5. The first-order valence-electron chi connectivity index (χ1n) is 8.90. The third-order valence-corrected chi connectivity index (χ3v) is 5.18. The molecule has 4 aromatic heterocycles. The summed E-state index contributed by atoms with van der Waals surface area (Å²) >= 11 is 0. The lowest BCUT2D eigenvalue weighted by Crippen LogP contribution is -2.20. The van der Waals surface area contributed by atoms with Crippen LogP contribution in [0.15, 0.2) is 48.8 Å². The minimum Gasteiger partial charge on any atom is -0.303 e. The monoisotopic (exact) mass is 346 g/mol. The largest absolute Gasteiger partial charge is 0.303 e. The Bertz CT molecular complexity index is 1030. The highest BCUT2D eigenvalue weighted by Gasteiger charge is 2.29. The molecule has 0 aliphatic heterocycles. The first kappa shape index (κ1) is 16.5. The number of fused-ring (bicyclic) bond motifs is 2. The van der Waals surface area contributed by atoms with Crippen LogP contribution in [0.1, 0.15) is 48.5 Å². The maximum atomic E-state index is 13.3. The van der Waals surface area contributed by atoms with Gasteiger partial charge in [0, 0.05) is 12.4 Å². The molecule has 5 nitrogen and oxygen atoms in total. The number of carbonyl (C=O) groups is 1. The van der Waals surface area contributed by atoms with Crippen LogP contribution in [-0.2, 0) is 4.79 Å². The minimum atomic E-state index is -0.254. The van der Waals surface area contributed by atoms with E-state index in [4.69, 9.17) is 0 Å². The second-order valence-electron chi connectivity index (χ2n) is 6.87. The number of hydrogen-bond donors (Lipinski definition) is 0. The second-order valence-corrected chi connectivity index (χ2v) is 6.87. The molecule has 0 saturated heterocycles. The van der Waals surface area contributed by atoms with Crippen LogP contribution < -0.4 is 0 Å². The molecule has 0 fully saturated rings. The molecule has 0 saturated carbocycles. The summed E-state index contributed by atoms with van der Waals surface area (Å²) in [6, 6.07) is 11.8. The Morgan fingerprint density at radius 1 is 0.808 bits per heavy atom. The van der Waals surface area contributed by atoms with Crippen LogP contribution in [0.4, 0.5) is 0 Å². The van der Waals surface area contributed by atoms with Gasteiger partial charge in [0.25, 0.3) is 0 Å². The summed E-state index contributed by atoms with van der Waals surface area (Å²) in [6.07, 6.45) is 3.94. The van der Waals surface area contributed by atoms with Gasteiger partial charge in [0.1, 0.15) is 17.1 Å². The van der Waals surface area contributed by atoms with E-state index in [0.29, 0.717) is 0 Å². The van der Waals surface area contributed by atoms with Gasteiger partial charge >= 0.3 is 0 Å². The fourth-order valence-electron chi connectivity index (χ4n) is 3.95. The van der Waals surface area contributed by atoms with Gasteiger partial charge in [0.15, 0.2) is 0 Å². The Labute approximate surface area is 152 Å². The minimum absolute atomic E-state index is 0.174. The van der Waals surface area contributed by atoms with E-state index in [0.717, 1.165) is 34.1 Å². The molecule has 0 radical (unpaired) electrons. The van der Waals surface area contributed by atoms with Crippen molar-refractivity contribution in [1.82, 2.24) is 18.8 Å². The summed E-state index contributed by atoms with van der Waals surface area (Å²) in [5.74, 6) is -0.334. The maximum Gasteiger partial charge on any atom is 0.150 e. The zero-order chi connectivity index (χ0) is 18.4. The van der Waals surface area contributed by atoms with Gasteiger partial charge in [-0.05, 0) is 52.0 Å². The van der Waals surface area contributed by atoms with Gasteiger partial charge in [0.2, 0.25) is 0 Å². The van der Waals surface area contributed by atoms with Crippen LogP contribution in [0.3, 0.4) is 0 Å². The van der Waals surface area contributed by atoms with Gasteiger partial charge in [-0.25, -0.2) is 9.97 Å². The molecule has 0 N–H and O–H groups in total. The highest BCUT2D eigenvalue weighted by Crippen LogP contribution is 2.30. The summed E-state index contributed by atoms with van der Waals surface area (Å²) in [4.78, 5) is 22.5. The van der Waals surface area contributed by atoms with Crippen molar-refractivity contribution in [1.29, 1.82) is 0 Å². The molecular weight excluding hydrogens is 324 g/mol. The van der Waals surface area contributed by atoms with E-state index < -0.39 is 0 Å². The Morgan fingerprint density at radius 3 is 1.65 bits per heavy atom. The number of hydrogen-bond acceptors (Lipinski definition) is 3. The molecule has 4 aromatic rings. The number of imidazole rings is 2. The molecule has 4 heterocycles. The van der Waals surface area contributed by atoms with Crippen molar-refractivity contribution in [2.24, 2.45) is 0 Å². The highest BCUT2D eigenvalue weighted by atomic mass is 16.1. The van der Waals surface area contributed by atoms with Crippen molar-refractivity contribution < 1.29 is 4.79 Å².